The maximum absolute atomic E-state index is 12.1. The van der Waals surface area contributed by atoms with E-state index in [2.05, 4.69) is 15.7 Å². The Morgan fingerprint density at radius 3 is 2.64 bits per heavy atom. The monoisotopic (exact) mass is 344 g/mol. The summed E-state index contributed by atoms with van der Waals surface area (Å²) >= 11 is 0. The summed E-state index contributed by atoms with van der Waals surface area (Å²) in [6.07, 6.45) is 5.38. The molecule has 0 aliphatic carbocycles. The van der Waals surface area contributed by atoms with E-state index in [1.807, 2.05) is 43.6 Å². The maximum atomic E-state index is 12.1. The van der Waals surface area contributed by atoms with E-state index in [1.165, 1.54) is 0 Å². The van der Waals surface area contributed by atoms with Crippen LogP contribution in [0.1, 0.15) is 24.0 Å². The molecule has 7 heteroatoms. The van der Waals surface area contributed by atoms with Crippen molar-refractivity contribution in [2.75, 3.05) is 6.54 Å². The summed E-state index contributed by atoms with van der Waals surface area (Å²) in [7, 11) is 1.85. The second-order valence-corrected chi connectivity index (χ2v) is 5.99. The highest BCUT2D eigenvalue weighted by Crippen LogP contribution is 2.08. The number of rotatable bonds is 9. The molecule has 0 bridgehead atoms. The lowest BCUT2D eigenvalue weighted by Gasteiger charge is -2.18. The van der Waals surface area contributed by atoms with E-state index < -0.39 is 5.97 Å². The fourth-order valence-electron chi connectivity index (χ4n) is 2.58. The van der Waals surface area contributed by atoms with Gasteiger partial charge < -0.3 is 15.7 Å². The molecule has 2 aromatic rings. The predicted octanol–water partition coefficient (Wildman–Crippen LogP) is 1.74. The van der Waals surface area contributed by atoms with Crippen molar-refractivity contribution in [2.45, 2.75) is 31.7 Å². The van der Waals surface area contributed by atoms with Crippen LogP contribution in [0.25, 0.3) is 0 Å². The number of benzene rings is 1. The molecule has 134 valence electrons. The highest BCUT2D eigenvalue weighted by atomic mass is 16.4. The van der Waals surface area contributed by atoms with Crippen molar-refractivity contribution < 1.29 is 14.7 Å². The largest absolute Gasteiger partial charge is 0.481 e. The van der Waals surface area contributed by atoms with Gasteiger partial charge in [-0.1, -0.05) is 30.3 Å². The highest BCUT2D eigenvalue weighted by Gasteiger charge is 2.14. The minimum Gasteiger partial charge on any atom is -0.481 e. The lowest BCUT2D eigenvalue weighted by atomic mass is 10.0. The molecule has 1 atom stereocenters. The summed E-state index contributed by atoms with van der Waals surface area (Å²) in [5, 5.41) is 18.7. The normalized spacial score (nSPS) is 11.7. The van der Waals surface area contributed by atoms with Crippen molar-refractivity contribution >= 4 is 12.0 Å². The van der Waals surface area contributed by atoms with Gasteiger partial charge >= 0.3 is 12.0 Å². The number of hydrogen-bond acceptors (Lipinski definition) is 3. The summed E-state index contributed by atoms with van der Waals surface area (Å²) in [5.41, 5.74) is 2.11. The van der Waals surface area contributed by atoms with E-state index in [4.69, 9.17) is 5.11 Å². The Morgan fingerprint density at radius 1 is 1.24 bits per heavy atom. The molecule has 0 saturated heterocycles. The molecule has 3 N–H and O–H groups in total. The summed E-state index contributed by atoms with van der Waals surface area (Å²) in [4.78, 5) is 22.9. The molecular weight excluding hydrogens is 320 g/mol. The van der Waals surface area contributed by atoms with Gasteiger partial charge in [0.15, 0.2) is 0 Å². The molecule has 1 heterocycles. The van der Waals surface area contributed by atoms with Gasteiger partial charge in [-0.25, -0.2) is 4.79 Å². The molecule has 2 amide bonds. The summed E-state index contributed by atoms with van der Waals surface area (Å²) in [5.74, 6) is -0.864. The molecular formula is C18H24N4O3. The lowest BCUT2D eigenvalue weighted by Crippen LogP contribution is -2.44. The number of aromatic nitrogens is 2. The summed E-state index contributed by atoms with van der Waals surface area (Å²) in [6, 6.07) is 9.21. The predicted molar refractivity (Wildman–Crippen MR) is 94.3 cm³/mol. The van der Waals surface area contributed by atoms with Gasteiger partial charge in [0, 0.05) is 32.3 Å². The molecule has 2 rings (SSSR count). The molecule has 1 aromatic heterocycles. The second kappa shape index (κ2) is 9.46. The Labute approximate surface area is 147 Å². The second-order valence-electron chi connectivity index (χ2n) is 5.99. The number of nitrogens with zero attached hydrogens (tertiary/aromatic N) is 2. The molecule has 0 saturated carbocycles. The van der Waals surface area contributed by atoms with Crippen LogP contribution >= 0.6 is 0 Å². The smallest absolute Gasteiger partial charge is 0.315 e. The average Bonchev–Trinajstić information content (AvgIpc) is 2.99. The topological polar surface area (TPSA) is 96.2 Å². The van der Waals surface area contributed by atoms with E-state index in [0.717, 1.165) is 11.1 Å². The first-order valence-electron chi connectivity index (χ1n) is 8.30. The number of nitrogens with one attached hydrogen (secondary N) is 2. The number of carboxylic acids is 1. The van der Waals surface area contributed by atoms with Crippen LogP contribution < -0.4 is 10.6 Å². The van der Waals surface area contributed by atoms with E-state index >= 15 is 0 Å². The third-order valence-corrected chi connectivity index (χ3v) is 3.82. The van der Waals surface area contributed by atoms with Gasteiger partial charge in [0.2, 0.25) is 0 Å². The van der Waals surface area contributed by atoms with E-state index in [0.29, 0.717) is 25.8 Å². The van der Waals surface area contributed by atoms with Crippen LogP contribution in [0.15, 0.2) is 42.7 Å². The van der Waals surface area contributed by atoms with Crippen LogP contribution in [-0.2, 0) is 24.7 Å². The van der Waals surface area contributed by atoms with Crippen LogP contribution in [0.3, 0.4) is 0 Å². The van der Waals surface area contributed by atoms with E-state index in [9.17, 15) is 9.59 Å². The van der Waals surface area contributed by atoms with Crippen molar-refractivity contribution in [3.05, 3.63) is 53.9 Å². The number of carbonyl (C=O) groups excluding carboxylic acids is 1. The first-order valence-corrected chi connectivity index (χ1v) is 8.30. The third kappa shape index (κ3) is 7.07. The third-order valence-electron chi connectivity index (χ3n) is 3.82. The Balaban J connectivity index is 1.81. The molecule has 0 aliphatic rings. The molecule has 0 aliphatic heterocycles. The highest BCUT2D eigenvalue weighted by molar-refractivity contribution is 5.74. The molecule has 0 fully saturated rings. The number of aryl methyl sites for hydroxylation is 1. The van der Waals surface area contributed by atoms with Crippen molar-refractivity contribution in [1.29, 1.82) is 0 Å². The number of carbonyl (C=O) groups is 2. The van der Waals surface area contributed by atoms with E-state index in [1.54, 1.807) is 10.9 Å². The average molecular weight is 344 g/mol. The van der Waals surface area contributed by atoms with Crippen LogP contribution in [0.4, 0.5) is 4.79 Å². The minimum atomic E-state index is -0.864. The van der Waals surface area contributed by atoms with Gasteiger partial charge in [-0.2, -0.15) is 5.10 Å². The SMILES string of the molecule is Cn1cc(CCNC(=O)NC(CCC(=O)O)Cc2ccccc2)cn1. The van der Waals surface area contributed by atoms with Crippen molar-refractivity contribution in [1.82, 2.24) is 20.4 Å². The van der Waals surface area contributed by atoms with Crippen LogP contribution in [0.2, 0.25) is 0 Å². The van der Waals surface area contributed by atoms with Gasteiger partial charge in [0.25, 0.3) is 0 Å². The number of carboxylic acid groups (broad SMARTS) is 1. The minimum absolute atomic E-state index is 0.0213. The number of urea groups is 1. The standard InChI is InChI=1S/C18H24N4O3/c1-22-13-15(12-20-22)9-10-19-18(25)21-16(7-8-17(23)24)11-14-5-3-2-4-6-14/h2-6,12-13,16H,7-11H2,1H3,(H,23,24)(H2,19,21,25). The van der Waals surface area contributed by atoms with Crippen LogP contribution in [0.5, 0.6) is 0 Å². The van der Waals surface area contributed by atoms with Gasteiger partial charge in [-0.05, 0) is 30.4 Å². The molecule has 1 unspecified atom stereocenters. The van der Waals surface area contributed by atoms with Gasteiger partial charge in [0.1, 0.15) is 0 Å². The van der Waals surface area contributed by atoms with Gasteiger partial charge in [-0.3, -0.25) is 9.48 Å². The first-order chi connectivity index (χ1) is 12.0. The van der Waals surface area contributed by atoms with E-state index in [-0.39, 0.29) is 18.5 Å². The van der Waals surface area contributed by atoms with Crippen molar-refractivity contribution in [3.8, 4) is 0 Å². The van der Waals surface area contributed by atoms with Gasteiger partial charge in [0.05, 0.1) is 6.20 Å². The zero-order valence-electron chi connectivity index (χ0n) is 14.3. The number of aliphatic carboxylic acids is 1. The fourth-order valence-corrected chi connectivity index (χ4v) is 2.58. The van der Waals surface area contributed by atoms with Crippen molar-refractivity contribution in [2.24, 2.45) is 7.05 Å². The Hall–Kier alpha value is -2.83. The molecule has 25 heavy (non-hydrogen) atoms. The zero-order valence-corrected chi connectivity index (χ0v) is 14.3. The Bertz CT molecular complexity index is 685. The molecule has 7 nitrogen and oxygen atoms in total. The van der Waals surface area contributed by atoms with Gasteiger partial charge in [-0.15, -0.1) is 0 Å². The first kappa shape index (κ1) is 18.5. The maximum Gasteiger partial charge on any atom is 0.315 e. The Morgan fingerprint density at radius 2 is 2.00 bits per heavy atom. The quantitative estimate of drug-likeness (QED) is 0.645. The van der Waals surface area contributed by atoms with Crippen molar-refractivity contribution in [3.63, 3.8) is 0 Å². The Kier molecular flexibility index (Phi) is 7.00. The summed E-state index contributed by atoms with van der Waals surface area (Å²) < 4.78 is 1.72. The fraction of sp³-hybridized carbons (Fsp3) is 0.389. The van der Waals surface area contributed by atoms with Crippen LogP contribution in [-0.4, -0.2) is 39.5 Å². The molecule has 1 aromatic carbocycles. The number of hydrogen-bond donors (Lipinski definition) is 3. The number of amides is 2. The van der Waals surface area contributed by atoms with Crippen LogP contribution in [0, 0.1) is 0 Å². The zero-order chi connectivity index (χ0) is 18.1. The molecule has 0 radical (unpaired) electrons. The molecule has 0 spiro atoms. The summed E-state index contributed by atoms with van der Waals surface area (Å²) in [6.45, 7) is 0.495. The lowest BCUT2D eigenvalue weighted by molar-refractivity contribution is -0.137.